The number of alkyl halides is 3. The number of hydrogen-bond donors (Lipinski definition) is 2. The summed E-state index contributed by atoms with van der Waals surface area (Å²) in [5, 5.41) is 0. The minimum Gasteiger partial charge on any atom is -0.402 e. The first kappa shape index (κ1) is 22.6. The van der Waals surface area contributed by atoms with Gasteiger partial charge in [-0.15, -0.1) is 13.2 Å². The van der Waals surface area contributed by atoms with Crippen molar-refractivity contribution in [1.82, 2.24) is 9.88 Å². The number of rotatable bonds is 6. The van der Waals surface area contributed by atoms with Crippen molar-refractivity contribution < 1.29 is 22.6 Å². The Hall–Kier alpha value is -2.59. The molecule has 7 nitrogen and oxygen atoms in total. The minimum atomic E-state index is -4.87. The smallest absolute Gasteiger partial charge is 0.402 e. The average Bonchev–Trinajstić information content (AvgIpc) is 3.21. The highest BCUT2D eigenvalue weighted by molar-refractivity contribution is 6.16. The van der Waals surface area contributed by atoms with Gasteiger partial charge in [0.25, 0.3) is 0 Å². The molecule has 10 heteroatoms. The number of pyridine rings is 1. The Labute approximate surface area is 185 Å². The predicted molar refractivity (Wildman–Crippen MR) is 116 cm³/mol. The highest BCUT2D eigenvalue weighted by atomic mass is 19.4. The molecule has 2 atom stereocenters. The zero-order valence-corrected chi connectivity index (χ0v) is 18.2. The first-order chi connectivity index (χ1) is 15.1. The third kappa shape index (κ3) is 5.07. The number of aromatic nitrogens is 1. The number of halogens is 3. The summed E-state index contributed by atoms with van der Waals surface area (Å²) in [7, 11) is 0. The quantitative estimate of drug-likeness (QED) is 0.645. The van der Waals surface area contributed by atoms with Crippen molar-refractivity contribution in [1.29, 1.82) is 0 Å². The van der Waals surface area contributed by atoms with Crippen LogP contribution in [0.15, 0.2) is 34.5 Å². The molecule has 1 unspecified atom stereocenters. The van der Waals surface area contributed by atoms with Crippen LogP contribution in [-0.2, 0) is 4.74 Å². The molecular weight excluding hydrogens is 423 g/mol. The molecule has 0 amide bonds. The molecule has 32 heavy (non-hydrogen) atoms. The Morgan fingerprint density at radius 3 is 2.66 bits per heavy atom. The topological polar surface area (TPSA) is 99.0 Å². The van der Waals surface area contributed by atoms with Gasteiger partial charge in [-0.3, -0.25) is 9.89 Å². The molecule has 0 radical (unpaired) electrons. The van der Waals surface area contributed by atoms with Crippen LogP contribution in [0.2, 0.25) is 0 Å². The summed E-state index contributed by atoms with van der Waals surface area (Å²) in [5.41, 5.74) is 15.7. The highest BCUT2D eigenvalue weighted by Crippen LogP contribution is 2.54. The van der Waals surface area contributed by atoms with Crippen molar-refractivity contribution in [2.75, 3.05) is 32.0 Å². The SMILES string of the molecule is CC(C)N=C(C=C(N)c1cnc(N)c(OC(F)(F)F)c1)C1=C2CC(N3CCOCC3)C[C@H]21. The first-order valence-corrected chi connectivity index (χ1v) is 10.7. The Morgan fingerprint density at radius 1 is 1.34 bits per heavy atom. The largest absolute Gasteiger partial charge is 0.573 e. The second kappa shape index (κ2) is 8.74. The van der Waals surface area contributed by atoms with E-state index in [-0.39, 0.29) is 23.1 Å². The normalized spacial score (nSPS) is 24.8. The summed E-state index contributed by atoms with van der Waals surface area (Å²) in [6.07, 6.45) is 0.249. The van der Waals surface area contributed by atoms with E-state index in [2.05, 4.69) is 14.6 Å². The van der Waals surface area contributed by atoms with Crippen LogP contribution < -0.4 is 16.2 Å². The molecule has 2 aliphatic carbocycles. The molecule has 0 bridgehead atoms. The number of nitrogen functional groups attached to an aromatic ring is 1. The van der Waals surface area contributed by atoms with Crippen molar-refractivity contribution in [3.63, 3.8) is 0 Å². The molecule has 1 aromatic rings. The Morgan fingerprint density at radius 2 is 2.06 bits per heavy atom. The number of ether oxygens (including phenoxy) is 2. The first-order valence-electron chi connectivity index (χ1n) is 10.7. The fourth-order valence-corrected chi connectivity index (χ4v) is 4.52. The summed E-state index contributed by atoms with van der Waals surface area (Å²) < 4.78 is 47.3. The number of morpholine rings is 1. The number of nitrogens with zero attached hydrogens (tertiary/aromatic N) is 3. The molecule has 2 fully saturated rings. The van der Waals surface area contributed by atoms with E-state index in [1.165, 1.54) is 17.3 Å². The van der Waals surface area contributed by atoms with Crippen LogP contribution in [0.1, 0.15) is 32.3 Å². The van der Waals surface area contributed by atoms with E-state index in [1.54, 1.807) is 6.08 Å². The molecule has 4 N–H and O–H groups in total. The minimum absolute atomic E-state index is 0.0483. The molecule has 174 valence electrons. The maximum atomic E-state index is 12.6. The van der Waals surface area contributed by atoms with Gasteiger partial charge in [0.1, 0.15) is 0 Å². The number of allylic oxidation sites excluding steroid dienone is 2. The third-order valence-electron chi connectivity index (χ3n) is 5.96. The molecule has 3 aliphatic rings. The number of fused-ring (bicyclic) bond motifs is 1. The van der Waals surface area contributed by atoms with E-state index in [9.17, 15) is 13.2 Å². The molecule has 1 aromatic heterocycles. The molecule has 1 aliphatic heterocycles. The summed E-state index contributed by atoms with van der Waals surface area (Å²) in [4.78, 5) is 11.0. The summed E-state index contributed by atoms with van der Waals surface area (Å²) in [6, 6.07) is 1.73. The lowest BCUT2D eigenvalue weighted by atomic mass is 10.0. The monoisotopic (exact) mass is 451 g/mol. The maximum absolute atomic E-state index is 12.6. The van der Waals surface area contributed by atoms with Gasteiger partial charge in [-0.05, 0) is 44.4 Å². The molecule has 2 heterocycles. The molecule has 4 rings (SSSR count). The van der Waals surface area contributed by atoms with Crippen LogP contribution in [0.3, 0.4) is 0 Å². The van der Waals surface area contributed by atoms with E-state index in [0.717, 1.165) is 50.9 Å². The number of anilines is 1. The van der Waals surface area contributed by atoms with Crippen LogP contribution in [0.25, 0.3) is 5.70 Å². The Balaban J connectivity index is 1.54. The van der Waals surface area contributed by atoms with Crippen LogP contribution in [0.4, 0.5) is 19.0 Å². The van der Waals surface area contributed by atoms with Crippen LogP contribution in [0, 0.1) is 5.92 Å². The lowest BCUT2D eigenvalue weighted by Gasteiger charge is -2.32. The molecule has 1 saturated heterocycles. The molecule has 0 spiro atoms. The van der Waals surface area contributed by atoms with Gasteiger partial charge in [-0.25, -0.2) is 4.98 Å². The zero-order chi connectivity index (χ0) is 23.0. The number of nitrogens with two attached hydrogens (primary N) is 2. The Bertz CT molecular complexity index is 965. The van der Waals surface area contributed by atoms with E-state index >= 15 is 0 Å². The van der Waals surface area contributed by atoms with Crippen LogP contribution in [0.5, 0.6) is 5.75 Å². The van der Waals surface area contributed by atoms with Gasteiger partial charge in [-0.2, -0.15) is 0 Å². The van der Waals surface area contributed by atoms with Gasteiger partial charge in [0, 0.05) is 48.5 Å². The Kier molecular flexibility index (Phi) is 6.17. The van der Waals surface area contributed by atoms with Gasteiger partial charge in [0.05, 0.1) is 18.9 Å². The highest BCUT2D eigenvalue weighted by Gasteiger charge is 2.47. The van der Waals surface area contributed by atoms with Crippen molar-refractivity contribution in [3.05, 3.63) is 35.0 Å². The van der Waals surface area contributed by atoms with E-state index in [0.29, 0.717) is 12.0 Å². The lowest BCUT2D eigenvalue weighted by molar-refractivity contribution is -0.274. The van der Waals surface area contributed by atoms with E-state index in [1.807, 2.05) is 13.8 Å². The summed E-state index contributed by atoms with van der Waals surface area (Å²) >= 11 is 0. The summed E-state index contributed by atoms with van der Waals surface area (Å²) in [6.45, 7) is 7.44. The number of hydrogen-bond acceptors (Lipinski definition) is 7. The zero-order valence-electron chi connectivity index (χ0n) is 18.2. The second-order valence-corrected chi connectivity index (χ2v) is 8.60. The van der Waals surface area contributed by atoms with Crippen molar-refractivity contribution in [2.45, 2.75) is 45.1 Å². The fraction of sp³-hybridized carbons (Fsp3) is 0.545. The number of aliphatic imine (C=N–C) groups is 1. The standard InChI is InChI=1S/C22H28F3N5O2/c1-12(2)29-18(20-15-8-14(9-16(15)20)30-3-5-31-6-4-30)10-17(26)13-7-19(21(27)28-11-13)32-22(23,24)25/h7,10-12,14-15H,3-6,8-9,26H2,1-2H3,(H2,27,28)/t14?,15-/m1/s1. The van der Waals surface area contributed by atoms with Crippen molar-refractivity contribution in [2.24, 2.45) is 16.6 Å². The lowest BCUT2D eigenvalue weighted by Crippen LogP contribution is -2.42. The van der Waals surface area contributed by atoms with Gasteiger partial charge >= 0.3 is 6.36 Å². The second-order valence-electron chi connectivity index (χ2n) is 8.60. The van der Waals surface area contributed by atoms with Gasteiger partial charge in [0.15, 0.2) is 11.6 Å². The fourth-order valence-electron chi connectivity index (χ4n) is 4.52. The molecule has 0 aromatic carbocycles. The van der Waals surface area contributed by atoms with Gasteiger partial charge < -0.3 is 20.9 Å². The van der Waals surface area contributed by atoms with Crippen LogP contribution >= 0.6 is 0 Å². The molecular formula is C22H28F3N5O2. The predicted octanol–water partition coefficient (Wildman–Crippen LogP) is 3.13. The average molecular weight is 451 g/mol. The van der Waals surface area contributed by atoms with Crippen molar-refractivity contribution >= 4 is 17.2 Å². The van der Waals surface area contributed by atoms with Crippen molar-refractivity contribution in [3.8, 4) is 5.75 Å². The van der Waals surface area contributed by atoms with Crippen LogP contribution in [-0.4, -0.2) is 60.3 Å². The maximum Gasteiger partial charge on any atom is 0.573 e. The molecule has 1 saturated carbocycles. The third-order valence-corrected chi connectivity index (χ3v) is 5.96. The van der Waals surface area contributed by atoms with E-state index in [4.69, 9.17) is 21.2 Å². The summed E-state index contributed by atoms with van der Waals surface area (Å²) in [5.74, 6) is -0.531. The van der Waals surface area contributed by atoms with E-state index < -0.39 is 12.1 Å². The van der Waals surface area contributed by atoms with Gasteiger partial charge in [-0.1, -0.05) is 5.57 Å². The van der Waals surface area contributed by atoms with Gasteiger partial charge in [0.2, 0.25) is 0 Å².